The Balaban J connectivity index is 2.04. The molecule has 0 aliphatic rings. The molecular formula is C33H42N2O3. The van der Waals surface area contributed by atoms with E-state index in [0.717, 1.165) is 52.0 Å². The first-order valence-electron chi connectivity index (χ1n) is 13.1. The second-order valence-electron chi connectivity index (χ2n) is 10.6. The first-order valence-corrected chi connectivity index (χ1v) is 13.1. The van der Waals surface area contributed by atoms with Crippen LogP contribution in [-0.2, 0) is 6.42 Å². The molecule has 0 radical (unpaired) electrons. The zero-order chi connectivity index (χ0) is 28.0. The first kappa shape index (κ1) is 28.7. The van der Waals surface area contributed by atoms with Gasteiger partial charge in [0.15, 0.2) is 11.5 Å². The van der Waals surface area contributed by atoms with E-state index in [1.807, 2.05) is 72.4 Å². The van der Waals surface area contributed by atoms with Gasteiger partial charge < -0.3 is 24.7 Å². The minimum Gasteiger partial charge on any atom is -0.508 e. The number of nitrogens with zero attached hydrogens (tertiary/aromatic N) is 2. The Bertz CT molecular complexity index is 1230. The number of anilines is 2. The molecule has 5 heteroatoms. The molecule has 0 atom stereocenters. The average molecular weight is 515 g/mol. The van der Waals surface area contributed by atoms with Gasteiger partial charge in [0.25, 0.3) is 0 Å². The fourth-order valence-corrected chi connectivity index (χ4v) is 4.34. The molecule has 0 amide bonds. The highest BCUT2D eigenvalue weighted by molar-refractivity contribution is 5.91. The predicted octanol–water partition coefficient (Wildman–Crippen LogP) is 7.81. The number of phenols is 2. The highest BCUT2D eigenvalue weighted by Crippen LogP contribution is 2.43. The molecule has 3 aromatic rings. The van der Waals surface area contributed by atoms with Crippen molar-refractivity contribution in [2.75, 3.05) is 44.6 Å². The standard InChI is InChI=1S/C33H42N2O3/c1-22(2)10-9-11-24-12-13-25(18-31(24)36)27-20-30(35(7)8)28(21-29(27)34(5)6)26-14-15-33(32(37)19-26)38-17-16-23(3)4/h10,12-16,18-21,36-37H,9,11,17H2,1-8H3. The molecule has 0 fully saturated rings. The predicted molar refractivity (Wildman–Crippen MR) is 162 cm³/mol. The molecule has 0 spiro atoms. The monoisotopic (exact) mass is 514 g/mol. The first-order chi connectivity index (χ1) is 18.0. The molecule has 0 saturated carbocycles. The van der Waals surface area contributed by atoms with Crippen LogP contribution in [0.15, 0.2) is 71.8 Å². The summed E-state index contributed by atoms with van der Waals surface area (Å²) in [5.41, 5.74) is 9.30. The van der Waals surface area contributed by atoms with E-state index in [9.17, 15) is 10.2 Å². The summed E-state index contributed by atoms with van der Waals surface area (Å²) in [7, 11) is 8.06. The van der Waals surface area contributed by atoms with E-state index in [2.05, 4.69) is 47.9 Å². The van der Waals surface area contributed by atoms with E-state index in [1.165, 1.54) is 11.1 Å². The van der Waals surface area contributed by atoms with Crippen molar-refractivity contribution < 1.29 is 14.9 Å². The summed E-state index contributed by atoms with van der Waals surface area (Å²) in [6.07, 6.45) is 5.88. The molecule has 0 aliphatic heterocycles. The quantitative estimate of drug-likeness (QED) is 0.270. The van der Waals surface area contributed by atoms with Gasteiger partial charge in [-0.25, -0.2) is 0 Å². The Hall–Kier alpha value is -3.86. The van der Waals surface area contributed by atoms with Gasteiger partial charge in [0.1, 0.15) is 12.4 Å². The van der Waals surface area contributed by atoms with Gasteiger partial charge in [-0.3, -0.25) is 0 Å². The van der Waals surface area contributed by atoms with Crippen LogP contribution in [0.3, 0.4) is 0 Å². The number of hydrogen-bond acceptors (Lipinski definition) is 5. The normalized spacial score (nSPS) is 10.6. The van der Waals surface area contributed by atoms with Crippen LogP contribution in [-0.4, -0.2) is 45.0 Å². The SMILES string of the molecule is CC(C)=CCCc1ccc(-c2cc(N(C)C)c(-c3ccc(OCC=C(C)C)c(O)c3)cc2N(C)C)cc1O. The van der Waals surface area contributed by atoms with Crippen molar-refractivity contribution in [3.63, 3.8) is 0 Å². The third-order valence-corrected chi connectivity index (χ3v) is 6.44. The Morgan fingerprint density at radius 1 is 0.711 bits per heavy atom. The molecular weight excluding hydrogens is 472 g/mol. The van der Waals surface area contributed by atoms with Gasteiger partial charge in [-0.1, -0.05) is 35.4 Å². The number of allylic oxidation sites excluding steroid dienone is 3. The van der Waals surface area contributed by atoms with Crippen LogP contribution in [0, 0.1) is 0 Å². The summed E-state index contributed by atoms with van der Waals surface area (Å²) in [4.78, 5) is 4.15. The molecule has 0 saturated heterocycles. The second kappa shape index (κ2) is 12.6. The number of phenolic OH excluding ortho intramolecular Hbond substituents is 2. The van der Waals surface area contributed by atoms with Crippen LogP contribution in [0.25, 0.3) is 22.3 Å². The lowest BCUT2D eigenvalue weighted by Gasteiger charge is -2.25. The lowest BCUT2D eigenvalue weighted by atomic mass is 9.94. The van der Waals surface area contributed by atoms with Crippen LogP contribution in [0.2, 0.25) is 0 Å². The smallest absolute Gasteiger partial charge is 0.161 e. The van der Waals surface area contributed by atoms with Crippen molar-refractivity contribution in [2.45, 2.75) is 40.5 Å². The summed E-state index contributed by atoms with van der Waals surface area (Å²) in [6.45, 7) is 8.63. The fraction of sp³-hybridized carbons (Fsp3) is 0.333. The summed E-state index contributed by atoms with van der Waals surface area (Å²) >= 11 is 0. The molecule has 3 aromatic carbocycles. The van der Waals surface area contributed by atoms with E-state index < -0.39 is 0 Å². The lowest BCUT2D eigenvalue weighted by Crippen LogP contribution is -2.14. The zero-order valence-electron chi connectivity index (χ0n) is 24.1. The topological polar surface area (TPSA) is 56.2 Å². The molecule has 5 nitrogen and oxygen atoms in total. The maximum absolute atomic E-state index is 10.8. The number of hydrogen-bond donors (Lipinski definition) is 2. The van der Waals surface area contributed by atoms with Crippen molar-refractivity contribution in [2.24, 2.45) is 0 Å². The van der Waals surface area contributed by atoms with Crippen molar-refractivity contribution in [3.05, 3.63) is 77.4 Å². The summed E-state index contributed by atoms with van der Waals surface area (Å²) in [5.74, 6) is 0.888. The largest absolute Gasteiger partial charge is 0.508 e. The van der Waals surface area contributed by atoms with E-state index in [4.69, 9.17) is 4.74 Å². The molecule has 202 valence electrons. The van der Waals surface area contributed by atoms with Gasteiger partial charge >= 0.3 is 0 Å². The number of benzene rings is 3. The van der Waals surface area contributed by atoms with E-state index in [1.54, 1.807) is 6.07 Å². The second-order valence-corrected chi connectivity index (χ2v) is 10.6. The third kappa shape index (κ3) is 7.12. The van der Waals surface area contributed by atoms with Gasteiger partial charge in [-0.2, -0.15) is 0 Å². The van der Waals surface area contributed by atoms with E-state index >= 15 is 0 Å². The van der Waals surface area contributed by atoms with Gasteiger partial charge in [-0.15, -0.1) is 0 Å². The molecule has 2 N–H and O–H groups in total. The molecule has 0 heterocycles. The number of aromatic hydroxyl groups is 2. The molecule has 0 aromatic heterocycles. The minimum absolute atomic E-state index is 0.110. The van der Waals surface area contributed by atoms with Gasteiger partial charge in [-0.05, 0) is 93.6 Å². The van der Waals surface area contributed by atoms with Crippen molar-refractivity contribution in [3.8, 4) is 39.5 Å². The van der Waals surface area contributed by atoms with Crippen LogP contribution in [0.4, 0.5) is 11.4 Å². The van der Waals surface area contributed by atoms with E-state index in [0.29, 0.717) is 18.1 Å². The van der Waals surface area contributed by atoms with Crippen LogP contribution >= 0.6 is 0 Å². The maximum atomic E-state index is 10.8. The van der Waals surface area contributed by atoms with Crippen molar-refractivity contribution in [1.29, 1.82) is 0 Å². The molecule has 0 unspecified atom stereocenters. The fourth-order valence-electron chi connectivity index (χ4n) is 4.34. The number of ether oxygens (including phenoxy) is 1. The zero-order valence-corrected chi connectivity index (χ0v) is 24.1. The highest BCUT2D eigenvalue weighted by Gasteiger charge is 2.18. The summed E-state index contributed by atoms with van der Waals surface area (Å²) in [5, 5.41) is 21.5. The molecule has 38 heavy (non-hydrogen) atoms. The Morgan fingerprint density at radius 2 is 1.24 bits per heavy atom. The Labute approximate surface area is 228 Å². The molecule has 3 rings (SSSR count). The van der Waals surface area contributed by atoms with Crippen LogP contribution in [0.1, 0.15) is 39.7 Å². The summed E-state index contributed by atoms with van der Waals surface area (Å²) in [6, 6.07) is 15.8. The highest BCUT2D eigenvalue weighted by atomic mass is 16.5. The Morgan fingerprint density at radius 3 is 1.71 bits per heavy atom. The lowest BCUT2D eigenvalue weighted by molar-refractivity contribution is 0.335. The Kier molecular flexibility index (Phi) is 9.51. The van der Waals surface area contributed by atoms with Gasteiger partial charge in [0, 0.05) is 50.7 Å². The maximum Gasteiger partial charge on any atom is 0.161 e. The minimum atomic E-state index is 0.110. The molecule has 0 bridgehead atoms. The van der Waals surface area contributed by atoms with E-state index in [-0.39, 0.29) is 5.75 Å². The van der Waals surface area contributed by atoms with Crippen molar-refractivity contribution in [1.82, 2.24) is 0 Å². The average Bonchev–Trinajstić information content (AvgIpc) is 2.84. The van der Waals surface area contributed by atoms with Crippen molar-refractivity contribution >= 4 is 11.4 Å². The number of aryl methyl sites for hydroxylation is 1. The van der Waals surface area contributed by atoms with Crippen LogP contribution < -0.4 is 14.5 Å². The van der Waals surface area contributed by atoms with Crippen LogP contribution in [0.5, 0.6) is 17.2 Å². The summed E-state index contributed by atoms with van der Waals surface area (Å²) < 4.78 is 5.74. The molecule has 0 aliphatic carbocycles. The third-order valence-electron chi connectivity index (χ3n) is 6.44. The van der Waals surface area contributed by atoms with Gasteiger partial charge in [0.05, 0.1) is 0 Å². The number of rotatable bonds is 10. The van der Waals surface area contributed by atoms with Gasteiger partial charge in [0.2, 0.25) is 0 Å².